The molecular weight excluding hydrogens is 230 g/mol. The predicted molar refractivity (Wildman–Crippen MR) is 69.9 cm³/mol. The highest BCUT2D eigenvalue weighted by molar-refractivity contribution is 5.87. The molecule has 0 radical (unpaired) electrons. The van der Waals surface area contributed by atoms with Gasteiger partial charge in [-0.15, -0.1) is 0 Å². The van der Waals surface area contributed by atoms with Gasteiger partial charge >= 0.3 is 0 Å². The summed E-state index contributed by atoms with van der Waals surface area (Å²) in [7, 11) is 0. The molecule has 0 amide bonds. The number of hydrogen-bond acceptors (Lipinski definition) is 4. The molecule has 5 nitrogen and oxygen atoms in total. The minimum Gasteiger partial charge on any atom is -0.482 e. The summed E-state index contributed by atoms with van der Waals surface area (Å²) < 4.78 is 5.77. The molecule has 2 rings (SSSR count). The first kappa shape index (κ1) is 12.2. The average Bonchev–Trinajstić information content (AvgIpc) is 2.44. The van der Waals surface area contributed by atoms with Gasteiger partial charge in [-0.25, -0.2) is 0 Å². The Morgan fingerprint density at radius 2 is 2.28 bits per heavy atom. The van der Waals surface area contributed by atoms with Crippen LogP contribution in [0.1, 0.15) is 13.3 Å². The normalized spacial score (nSPS) is 13.5. The number of amidine groups is 1. The Hall–Kier alpha value is -2.30. The van der Waals surface area contributed by atoms with Crippen LogP contribution in [0.15, 0.2) is 41.7 Å². The van der Waals surface area contributed by atoms with E-state index in [0.717, 1.165) is 10.9 Å². The number of aromatic nitrogens is 1. The molecule has 3 N–H and O–H groups in total. The molecule has 1 heterocycles. The van der Waals surface area contributed by atoms with Crippen molar-refractivity contribution in [3.63, 3.8) is 0 Å². The molecule has 0 spiro atoms. The quantitative estimate of drug-likeness (QED) is 0.374. The van der Waals surface area contributed by atoms with Gasteiger partial charge in [0.25, 0.3) is 0 Å². The van der Waals surface area contributed by atoms with Crippen molar-refractivity contribution in [2.24, 2.45) is 10.9 Å². The molecule has 94 valence electrons. The first-order valence-electron chi connectivity index (χ1n) is 5.74. The molecule has 1 unspecified atom stereocenters. The van der Waals surface area contributed by atoms with Crippen molar-refractivity contribution in [1.29, 1.82) is 0 Å². The van der Waals surface area contributed by atoms with Crippen LogP contribution in [-0.4, -0.2) is 22.1 Å². The lowest BCUT2D eigenvalue weighted by atomic mass is 10.2. The molecular formula is C13H15N3O2. The van der Waals surface area contributed by atoms with Gasteiger partial charge in [0.1, 0.15) is 5.75 Å². The van der Waals surface area contributed by atoms with Crippen LogP contribution < -0.4 is 10.5 Å². The lowest BCUT2D eigenvalue weighted by Gasteiger charge is -2.17. The summed E-state index contributed by atoms with van der Waals surface area (Å²) in [5.74, 6) is 0.748. The molecule has 5 heteroatoms. The van der Waals surface area contributed by atoms with E-state index in [-0.39, 0.29) is 5.84 Å². The van der Waals surface area contributed by atoms with Gasteiger partial charge in [-0.05, 0) is 30.7 Å². The highest BCUT2D eigenvalue weighted by Crippen LogP contribution is 2.25. The van der Waals surface area contributed by atoms with Gasteiger partial charge in [-0.2, -0.15) is 0 Å². The topological polar surface area (TPSA) is 80.7 Å². The van der Waals surface area contributed by atoms with Gasteiger partial charge in [-0.3, -0.25) is 4.98 Å². The first-order valence-corrected chi connectivity index (χ1v) is 5.74. The maximum atomic E-state index is 8.70. The molecule has 0 aliphatic heterocycles. The van der Waals surface area contributed by atoms with E-state index in [9.17, 15) is 0 Å². The fourth-order valence-electron chi connectivity index (χ4n) is 1.75. The number of benzene rings is 1. The fraction of sp³-hybridized carbons (Fsp3) is 0.231. The zero-order valence-electron chi connectivity index (χ0n) is 10.1. The molecule has 2 aromatic rings. The number of nitrogens with two attached hydrogens (primary N) is 1. The van der Waals surface area contributed by atoms with Crippen molar-refractivity contribution in [3.05, 3.63) is 36.5 Å². The minimum atomic E-state index is -0.444. The van der Waals surface area contributed by atoms with Crippen LogP contribution >= 0.6 is 0 Å². The second-order valence-electron chi connectivity index (χ2n) is 3.87. The summed E-state index contributed by atoms with van der Waals surface area (Å²) in [6, 6.07) is 9.39. The van der Waals surface area contributed by atoms with E-state index in [1.54, 1.807) is 6.20 Å². The van der Waals surface area contributed by atoms with Gasteiger partial charge in [0.2, 0.25) is 0 Å². The van der Waals surface area contributed by atoms with Crippen LogP contribution in [0.25, 0.3) is 10.9 Å². The second kappa shape index (κ2) is 5.35. The lowest BCUT2D eigenvalue weighted by Crippen LogP contribution is -2.33. The Balaban J connectivity index is 2.37. The van der Waals surface area contributed by atoms with Crippen LogP contribution in [0.3, 0.4) is 0 Å². The van der Waals surface area contributed by atoms with Crippen molar-refractivity contribution >= 4 is 16.7 Å². The van der Waals surface area contributed by atoms with E-state index in [2.05, 4.69) is 10.1 Å². The molecule has 0 saturated heterocycles. The molecule has 0 aliphatic rings. The Bertz CT molecular complexity index is 564. The summed E-state index contributed by atoms with van der Waals surface area (Å²) in [5.41, 5.74) is 6.43. The largest absolute Gasteiger partial charge is 0.482 e. The summed E-state index contributed by atoms with van der Waals surface area (Å²) in [6.45, 7) is 1.91. The van der Waals surface area contributed by atoms with Crippen molar-refractivity contribution in [1.82, 2.24) is 4.98 Å². The molecule has 18 heavy (non-hydrogen) atoms. The zero-order chi connectivity index (χ0) is 13.0. The van der Waals surface area contributed by atoms with Crippen LogP contribution in [0, 0.1) is 0 Å². The van der Waals surface area contributed by atoms with E-state index in [1.165, 1.54) is 0 Å². The van der Waals surface area contributed by atoms with Crippen LogP contribution in [0.4, 0.5) is 0 Å². The van der Waals surface area contributed by atoms with E-state index in [0.29, 0.717) is 12.2 Å². The Kier molecular flexibility index (Phi) is 3.62. The minimum absolute atomic E-state index is 0.0680. The van der Waals surface area contributed by atoms with Gasteiger partial charge in [0, 0.05) is 11.6 Å². The third kappa shape index (κ3) is 2.34. The Morgan fingerprint density at radius 3 is 3.00 bits per heavy atom. The first-order chi connectivity index (χ1) is 8.76. The third-order valence-electron chi connectivity index (χ3n) is 2.69. The second-order valence-corrected chi connectivity index (χ2v) is 3.87. The fourth-order valence-corrected chi connectivity index (χ4v) is 1.75. The molecule has 0 bridgehead atoms. The van der Waals surface area contributed by atoms with E-state index in [1.807, 2.05) is 37.3 Å². The molecule has 1 atom stereocenters. The summed E-state index contributed by atoms with van der Waals surface area (Å²) in [5, 5.41) is 12.6. The van der Waals surface area contributed by atoms with E-state index in [4.69, 9.17) is 15.7 Å². The molecule has 0 fully saturated rings. The predicted octanol–water partition coefficient (Wildman–Crippen LogP) is 2.14. The average molecular weight is 245 g/mol. The van der Waals surface area contributed by atoms with E-state index < -0.39 is 6.10 Å². The Labute approximate surface area is 105 Å². The molecule has 0 aliphatic carbocycles. The Morgan fingerprint density at radius 1 is 1.44 bits per heavy atom. The van der Waals surface area contributed by atoms with Crippen molar-refractivity contribution in [2.75, 3.05) is 0 Å². The number of nitrogens with zero attached hydrogens (tertiary/aromatic N) is 2. The lowest BCUT2D eigenvalue weighted by molar-refractivity contribution is 0.249. The number of pyridine rings is 1. The van der Waals surface area contributed by atoms with Crippen molar-refractivity contribution in [3.8, 4) is 5.75 Å². The van der Waals surface area contributed by atoms with Crippen LogP contribution in [-0.2, 0) is 0 Å². The van der Waals surface area contributed by atoms with Gasteiger partial charge in [0.15, 0.2) is 11.9 Å². The SMILES string of the molecule is CCC(Oc1cccc2ncccc12)/C(N)=N/O. The maximum absolute atomic E-state index is 8.70. The third-order valence-corrected chi connectivity index (χ3v) is 2.69. The number of hydrogen-bond donors (Lipinski definition) is 2. The van der Waals surface area contributed by atoms with Crippen LogP contribution in [0.2, 0.25) is 0 Å². The van der Waals surface area contributed by atoms with Crippen LogP contribution in [0.5, 0.6) is 5.75 Å². The summed E-state index contributed by atoms with van der Waals surface area (Å²) in [4.78, 5) is 4.25. The number of oxime groups is 1. The molecule has 1 aromatic carbocycles. The summed E-state index contributed by atoms with van der Waals surface area (Å²) in [6.07, 6.45) is 1.90. The maximum Gasteiger partial charge on any atom is 0.180 e. The standard InChI is InChI=1S/C13H15N3O2/c1-2-11(13(14)16-17)18-12-7-3-6-10-9(12)5-4-8-15-10/h3-8,11,17H,2H2,1H3,(H2,14,16). The van der Waals surface area contributed by atoms with E-state index >= 15 is 0 Å². The van der Waals surface area contributed by atoms with Crippen molar-refractivity contribution in [2.45, 2.75) is 19.4 Å². The van der Waals surface area contributed by atoms with Gasteiger partial charge in [-0.1, -0.05) is 18.1 Å². The summed E-state index contributed by atoms with van der Waals surface area (Å²) >= 11 is 0. The number of fused-ring (bicyclic) bond motifs is 1. The highest BCUT2D eigenvalue weighted by atomic mass is 16.5. The number of rotatable bonds is 4. The smallest absolute Gasteiger partial charge is 0.180 e. The number of ether oxygens (including phenoxy) is 1. The molecule has 0 saturated carbocycles. The van der Waals surface area contributed by atoms with Gasteiger partial charge in [0.05, 0.1) is 5.52 Å². The highest BCUT2D eigenvalue weighted by Gasteiger charge is 2.14. The molecule has 1 aromatic heterocycles. The monoisotopic (exact) mass is 245 g/mol. The van der Waals surface area contributed by atoms with Gasteiger partial charge < -0.3 is 15.7 Å². The van der Waals surface area contributed by atoms with Crippen molar-refractivity contribution < 1.29 is 9.94 Å². The zero-order valence-corrected chi connectivity index (χ0v) is 10.1.